The van der Waals surface area contributed by atoms with Gasteiger partial charge in [-0.05, 0) is 74.2 Å². The van der Waals surface area contributed by atoms with Crippen molar-refractivity contribution < 1.29 is 27.0 Å². The summed E-state index contributed by atoms with van der Waals surface area (Å²) in [6.07, 6.45) is 10.8. The first kappa shape index (κ1) is 51.5. The Morgan fingerprint density at radius 2 is 1.08 bits per heavy atom. The first-order valence-corrected chi connectivity index (χ1v) is 25.5. The summed E-state index contributed by atoms with van der Waals surface area (Å²) in [5.74, 6) is -2.67. The van der Waals surface area contributed by atoms with Crippen LogP contribution < -0.4 is 20.0 Å². The number of aryl methyl sites for hydroxylation is 2. The Kier molecular flexibility index (Phi) is 14.1. The number of rotatable bonds is 5. The molecule has 2 aromatic carbocycles. The molecule has 10 heterocycles. The van der Waals surface area contributed by atoms with E-state index in [0.29, 0.717) is 47.8 Å². The summed E-state index contributed by atoms with van der Waals surface area (Å²) in [5.41, 5.74) is 13.7. The maximum Gasteiger partial charge on any atom is 0.137 e. The van der Waals surface area contributed by atoms with Crippen LogP contribution in [0.5, 0.6) is 0 Å². The number of hydrogen-bond donors (Lipinski definition) is 1. The van der Waals surface area contributed by atoms with Crippen LogP contribution in [0.25, 0.3) is 44.3 Å². The summed E-state index contributed by atoms with van der Waals surface area (Å²) in [7, 11) is 0. The lowest BCUT2D eigenvalue weighted by Gasteiger charge is -2.30. The van der Waals surface area contributed by atoms with Gasteiger partial charge < -0.3 is 29.5 Å². The van der Waals surface area contributed by atoms with Crippen LogP contribution in [0.2, 0.25) is 5.02 Å². The SMILES string of the molecule is CC1(C)CNc2cc(N3CCOCC3)cnc21.Cc1cncc(-c2nc3cc(F)cc(F)c3c(Cl)c2C)c1.Cc1cncc(-c2nc3cc(F)cc(F)c3c(N3CC(C)(C)c4ncc(N5CCOCC5)cc43)c2C)c1. The molecule has 12 nitrogen and oxygen atoms in total. The summed E-state index contributed by atoms with van der Waals surface area (Å²) in [4.78, 5) is 33.8. The number of benzene rings is 2. The highest BCUT2D eigenvalue weighted by molar-refractivity contribution is 6.36. The van der Waals surface area contributed by atoms with Gasteiger partial charge in [0.1, 0.15) is 23.3 Å². The number of anilines is 5. The standard InChI is InChI=1S/C29H29F2N5O.C16H11ClF2N2.C13H19N3O/c1-17-9-19(14-32-13-17)26-18(2)27(25-22(31)10-20(30)11-23(25)34-26)36-16-29(3,4)28-24(36)12-21(15-33-28)35-5-7-37-8-6-35;1-8-3-10(7-20-6-8)16-9(2)15(17)14-12(19)4-11(18)5-13(14)21-16;1-13(2)9-15-11-7-10(8-14-12(11)13)16-3-5-17-6-4-16/h9-15H,5-8,16H2,1-4H3;3-7H,1-2H3;7-8,15H,3-6,9H2,1-2H3. The molecular weight excluding hydrogens is 980 g/mol. The number of morpholine rings is 2. The fraction of sp³-hybridized carbons (Fsp3) is 0.345. The second kappa shape index (κ2) is 20.6. The summed E-state index contributed by atoms with van der Waals surface area (Å²) in [6, 6.07) is 12.5. The third kappa shape index (κ3) is 10.3. The Balaban J connectivity index is 0.000000142. The quantitative estimate of drug-likeness (QED) is 0.165. The van der Waals surface area contributed by atoms with Gasteiger partial charge in [-0.1, -0.05) is 39.3 Å². The number of aromatic nitrogens is 6. The second-order valence-electron chi connectivity index (χ2n) is 21.0. The summed E-state index contributed by atoms with van der Waals surface area (Å²) >= 11 is 6.26. The zero-order valence-corrected chi connectivity index (χ0v) is 44.1. The average molecular weight is 1040 g/mol. The predicted molar refractivity (Wildman–Crippen MR) is 290 cm³/mol. The molecule has 12 rings (SSSR count). The fourth-order valence-electron chi connectivity index (χ4n) is 10.5. The lowest BCUT2D eigenvalue weighted by atomic mass is 9.91. The third-order valence-electron chi connectivity index (χ3n) is 14.3. The molecular formula is C58H59ClF4N10O2. The molecule has 8 aromatic rings. The topological polar surface area (TPSA) is 118 Å². The van der Waals surface area contributed by atoms with Crippen LogP contribution in [0, 0.1) is 51.0 Å². The molecule has 0 spiro atoms. The molecule has 1 N–H and O–H groups in total. The van der Waals surface area contributed by atoms with E-state index >= 15 is 4.39 Å². The lowest BCUT2D eigenvalue weighted by molar-refractivity contribution is 0.122. The van der Waals surface area contributed by atoms with Gasteiger partial charge in [-0.15, -0.1) is 0 Å². The van der Waals surface area contributed by atoms with Crippen LogP contribution in [0.3, 0.4) is 0 Å². The van der Waals surface area contributed by atoms with Crippen molar-refractivity contribution in [3.05, 3.63) is 148 Å². The average Bonchev–Trinajstić information content (AvgIpc) is 3.86. The molecule has 4 aliphatic rings. The predicted octanol–water partition coefficient (Wildman–Crippen LogP) is 12.3. The molecule has 0 amide bonds. The van der Waals surface area contributed by atoms with Crippen LogP contribution in [0.4, 0.5) is 46.0 Å². The van der Waals surface area contributed by atoms with E-state index in [-0.39, 0.29) is 32.3 Å². The molecule has 17 heteroatoms. The van der Waals surface area contributed by atoms with E-state index < -0.39 is 23.3 Å². The van der Waals surface area contributed by atoms with Gasteiger partial charge in [-0.25, -0.2) is 27.5 Å². The van der Waals surface area contributed by atoms with Crippen molar-refractivity contribution in [1.82, 2.24) is 29.9 Å². The van der Waals surface area contributed by atoms with Gasteiger partial charge in [0, 0.05) is 110 Å². The summed E-state index contributed by atoms with van der Waals surface area (Å²) in [6.45, 7) is 24.4. The maximum absolute atomic E-state index is 15.5. The first-order chi connectivity index (χ1) is 35.9. The molecule has 0 aliphatic carbocycles. The Morgan fingerprint density at radius 3 is 1.64 bits per heavy atom. The van der Waals surface area contributed by atoms with E-state index in [4.69, 9.17) is 31.0 Å². The van der Waals surface area contributed by atoms with Gasteiger partial charge in [0.15, 0.2) is 0 Å². The molecule has 2 saturated heterocycles. The zero-order chi connectivity index (χ0) is 52.9. The van der Waals surface area contributed by atoms with Crippen LogP contribution in [-0.4, -0.2) is 95.6 Å². The van der Waals surface area contributed by atoms with Crippen LogP contribution in [0.1, 0.15) is 61.3 Å². The van der Waals surface area contributed by atoms with Crippen molar-refractivity contribution in [3.63, 3.8) is 0 Å². The Morgan fingerprint density at radius 1 is 0.573 bits per heavy atom. The molecule has 6 aromatic heterocycles. The van der Waals surface area contributed by atoms with Crippen molar-refractivity contribution in [2.45, 2.75) is 66.2 Å². The Hall–Kier alpha value is -7.01. The van der Waals surface area contributed by atoms with Crippen molar-refractivity contribution in [3.8, 4) is 22.5 Å². The summed E-state index contributed by atoms with van der Waals surface area (Å²) in [5, 5.41) is 4.14. The van der Waals surface area contributed by atoms with E-state index in [9.17, 15) is 13.2 Å². The van der Waals surface area contributed by atoms with Crippen LogP contribution in [0.15, 0.2) is 85.7 Å². The molecule has 388 valence electrons. The Labute approximate surface area is 439 Å². The highest BCUT2D eigenvalue weighted by atomic mass is 35.5. The molecule has 2 fully saturated rings. The number of halogens is 5. The molecule has 0 saturated carbocycles. The number of nitrogens with zero attached hydrogens (tertiary/aromatic N) is 9. The summed E-state index contributed by atoms with van der Waals surface area (Å²) < 4.78 is 68.1. The largest absolute Gasteiger partial charge is 0.383 e. The smallest absolute Gasteiger partial charge is 0.137 e. The van der Waals surface area contributed by atoms with Gasteiger partial charge in [0.05, 0.1) is 117 Å². The van der Waals surface area contributed by atoms with E-state index in [2.05, 4.69) is 79.8 Å². The third-order valence-corrected chi connectivity index (χ3v) is 14.7. The van der Waals surface area contributed by atoms with Crippen LogP contribution >= 0.6 is 11.6 Å². The van der Waals surface area contributed by atoms with E-state index in [1.165, 1.54) is 29.2 Å². The Bertz CT molecular complexity index is 3490. The molecule has 75 heavy (non-hydrogen) atoms. The number of pyridine rings is 6. The number of hydrogen-bond acceptors (Lipinski definition) is 12. The number of fused-ring (bicyclic) bond motifs is 4. The number of nitrogens with one attached hydrogen (secondary N) is 1. The normalized spacial score (nSPS) is 16.5. The van der Waals surface area contributed by atoms with E-state index in [1.807, 2.05) is 45.3 Å². The van der Waals surface area contributed by atoms with Gasteiger partial charge in [-0.2, -0.15) is 0 Å². The van der Waals surface area contributed by atoms with Crippen LogP contribution in [-0.2, 0) is 20.3 Å². The van der Waals surface area contributed by atoms with Gasteiger partial charge in [0.2, 0.25) is 0 Å². The number of ether oxygens (including phenoxy) is 2. The minimum Gasteiger partial charge on any atom is -0.383 e. The first-order valence-electron chi connectivity index (χ1n) is 25.1. The maximum atomic E-state index is 15.5. The van der Waals surface area contributed by atoms with Crippen molar-refractivity contribution >= 4 is 61.8 Å². The van der Waals surface area contributed by atoms with Crippen molar-refractivity contribution in [2.75, 3.05) is 85.7 Å². The van der Waals surface area contributed by atoms with E-state index in [1.54, 1.807) is 31.7 Å². The molecule has 0 radical (unpaired) electrons. The highest BCUT2D eigenvalue weighted by Gasteiger charge is 2.40. The monoisotopic (exact) mass is 1040 g/mol. The van der Waals surface area contributed by atoms with Gasteiger partial charge in [-0.3, -0.25) is 19.9 Å². The minimum atomic E-state index is -0.709. The molecule has 0 atom stereocenters. The highest BCUT2D eigenvalue weighted by Crippen LogP contribution is 2.49. The molecule has 4 aliphatic heterocycles. The van der Waals surface area contributed by atoms with E-state index in [0.717, 1.165) is 103 Å². The molecule has 0 unspecified atom stereocenters. The van der Waals surface area contributed by atoms with Crippen molar-refractivity contribution in [1.29, 1.82) is 0 Å². The molecule has 0 bridgehead atoms. The van der Waals surface area contributed by atoms with Crippen molar-refractivity contribution in [2.24, 2.45) is 0 Å². The second-order valence-corrected chi connectivity index (χ2v) is 21.3. The fourth-order valence-corrected chi connectivity index (χ4v) is 10.7. The van der Waals surface area contributed by atoms with Gasteiger partial charge in [0.25, 0.3) is 0 Å². The van der Waals surface area contributed by atoms with Gasteiger partial charge >= 0.3 is 0 Å². The minimum absolute atomic E-state index is 0.139. The lowest BCUT2D eigenvalue weighted by Crippen LogP contribution is -2.36. The zero-order valence-electron chi connectivity index (χ0n) is 43.4.